The molecule has 1 aromatic carbocycles. The van der Waals surface area contributed by atoms with Crippen molar-refractivity contribution in [2.24, 2.45) is 5.41 Å². The van der Waals surface area contributed by atoms with Gasteiger partial charge in [0, 0.05) is 19.7 Å². The van der Waals surface area contributed by atoms with Gasteiger partial charge in [0.05, 0.1) is 0 Å². The summed E-state index contributed by atoms with van der Waals surface area (Å²) in [5.74, 6) is 0. The molecule has 1 saturated carbocycles. The van der Waals surface area contributed by atoms with E-state index in [1.807, 2.05) is 0 Å². The highest BCUT2D eigenvalue weighted by Crippen LogP contribution is 2.47. The zero-order valence-corrected chi connectivity index (χ0v) is 12.5. The molecule has 0 unspecified atom stereocenters. The SMILES string of the molecule is CC(C)(C)c1ccc(CNCC2(CCO)CC2)cc1. The quantitative estimate of drug-likeness (QED) is 0.824. The maximum Gasteiger partial charge on any atom is 0.0436 e. The normalized spacial score (nSPS) is 17.5. The number of hydrogen-bond donors (Lipinski definition) is 2. The Bertz CT molecular complexity index is 398. The van der Waals surface area contributed by atoms with Crippen LogP contribution in [0.5, 0.6) is 0 Å². The number of aliphatic hydroxyl groups is 1. The Labute approximate surface area is 117 Å². The minimum atomic E-state index is 0.227. The van der Waals surface area contributed by atoms with Gasteiger partial charge in [-0.05, 0) is 41.2 Å². The number of benzene rings is 1. The molecular formula is C17H27NO. The molecule has 2 nitrogen and oxygen atoms in total. The zero-order chi connectivity index (χ0) is 13.9. The Kier molecular flexibility index (Phi) is 4.32. The largest absolute Gasteiger partial charge is 0.396 e. The molecule has 1 aliphatic carbocycles. The van der Waals surface area contributed by atoms with Gasteiger partial charge < -0.3 is 10.4 Å². The van der Waals surface area contributed by atoms with E-state index < -0.39 is 0 Å². The van der Waals surface area contributed by atoms with Gasteiger partial charge in [0.15, 0.2) is 0 Å². The molecule has 0 aliphatic heterocycles. The molecule has 2 heteroatoms. The third kappa shape index (κ3) is 4.05. The van der Waals surface area contributed by atoms with Crippen LogP contribution in [0.15, 0.2) is 24.3 Å². The number of rotatable bonds is 6. The Morgan fingerprint density at radius 1 is 1.16 bits per heavy atom. The Hall–Kier alpha value is -0.860. The molecule has 2 rings (SSSR count). The first-order valence-electron chi connectivity index (χ1n) is 7.36. The maximum absolute atomic E-state index is 9.04. The van der Waals surface area contributed by atoms with Crippen LogP contribution in [0.25, 0.3) is 0 Å². The third-order valence-electron chi connectivity index (χ3n) is 4.25. The molecule has 0 atom stereocenters. The van der Waals surface area contributed by atoms with Gasteiger partial charge in [0.1, 0.15) is 0 Å². The van der Waals surface area contributed by atoms with Crippen LogP contribution >= 0.6 is 0 Å². The fourth-order valence-corrected chi connectivity index (χ4v) is 2.52. The smallest absolute Gasteiger partial charge is 0.0436 e. The van der Waals surface area contributed by atoms with Gasteiger partial charge in [-0.1, -0.05) is 45.0 Å². The first-order valence-corrected chi connectivity index (χ1v) is 7.36. The molecule has 0 radical (unpaired) electrons. The fraction of sp³-hybridized carbons (Fsp3) is 0.647. The molecule has 0 amide bonds. The first-order chi connectivity index (χ1) is 8.95. The number of hydrogen-bond acceptors (Lipinski definition) is 2. The van der Waals surface area contributed by atoms with E-state index in [0.29, 0.717) is 12.0 Å². The molecule has 1 fully saturated rings. The van der Waals surface area contributed by atoms with Gasteiger partial charge in [-0.25, -0.2) is 0 Å². The molecule has 0 saturated heterocycles. The summed E-state index contributed by atoms with van der Waals surface area (Å²) in [5.41, 5.74) is 3.36. The van der Waals surface area contributed by atoms with E-state index in [-0.39, 0.29) is 5.41 Å². The highest BCUT2D eigenvalue weighted by molar-refractivity contribution is 5.27. The fourth-order valence-electron chi connectivity index (χ4n) is 2.52. The topological polar surface area (TPSA) is 32.3 Å². The second kappa shape index (κ2) is 5.64. The van der Waals surface area contributed by atoms with Crippen molar-refractivity contribution in [1.82, 2.24) is 5.32 Å². The van der Waals surface area contributed by atoms with Gasteiger partial charge >= 0.3 is 0 Å². The molecule has 2 N–H and O–H groups in total. The summed E-state index contributed by atoms with van der Waals surface area (Å²) in [7, 11) is 0. The van der Waals surface area contributed by atoms with Crippen molar-refractivity contribution in [2.45, 2.75) is 52.0 Å². The van der Waals surface area contributed by atoms with Crippen LogP contribution in [0.3, 0.4) is 0 Å². The van der Waals surface area contributed by atoms with Gasteiger partial charge in [-0.2, -0.15) is 0 Å². The first kappa shape index (κ1) is 14.5. The van der Waals surface area contributed by atoms with E-state index in [9.17, 15) is 0 Å². The summed E-state index contributed by atoms with van der Waals surface area (Å²) in [5, 5.41) is 12.6. The van der Waals surface area contributed by atoms with Gasteiger partial charge in [0.2, 0.25) is 0 Å². The van der Waals surface area contributed by atoms with Crippen molar-refractivity contribution < 1.29 is 5.11 Å². The standard InChI is InChI=1S/C17H27NO/c1-16(2,3)15-6-4-14(5-7-15)12-18-13-17(8-9-17)10-11-19/h4-7,18-19H,8-13H2,1-3H3. The van der Waals surface area contributed by atoms with E-state index in [4.69, 9.17) is 5.11 Å². The van der Waals surface area contributed by atoms with E-state index in [0.717, 1.165) is 19.5 Å². The summed E-state index contributed by atoms with van der Waals surface area (Å²) in [6.07, 6.45) is 3.48. The Morgan fingerprint density at radius 2 is 1.79 bits per heavy atom. The van der Waals surface area contributed by atoms with Crippen LogP contribution in [0, 0.1) is 5.41 Å². The summed E-state index contributed by atoms with van der Waals surface area (Å²) >= 11 is 0. The lowest BCUT2D eigenvalue weighted by Crippen LogP contribution is -2.24. The molecule has 0 heterocycles. The van der Waals surface area contributed by atoms with Crippen LogP contribution in [0.1, 0.15) is 51.2 Å². The number of aliphatic hydroxyl groups excluding tert-OH is 1. The average Bonchev–Trinajstić information content (AvgIpc) is 3.09. The van der Waals surface area contributed by atoms with E-state index in [2.05, 4.69) is 50.4 Å². The molecule has 19 heavy (non-hydrogen) atoms. The predicted molar refractivity (Wildman–Crippen MR) is 80.2 cm³/mol. The van der Waals surface area contributed by atoms with Crippen molar-refractivity contribution in [1.29, 1.82) is 0 Å². The van der Waals surface area contributed by atoms with Gasteiger partial charge in [-0.3, -0.25) is 0 Å². The maximum atomic E-state index is 9.04. The van der Waals surface area contributed by atoms with Crippen molar-refractivity contribution in [3.05, 3.63) is 35.4 Å². The lowest BCUT2D eigenvalue weighted by molar-refractivity contribution is 0.245. The molecule has 1 aromatic rings. The lowest BCUT2D eigenvalue weighted by atomic mass is 9.87. The second-order valence-electron chi connectivity index (χ2n) is 7.02. The minimum absolute atomic E-state index is 0.227. The number of nitrogens with one attached hydrogen (secondary N) is 1. The van der Waals surface area contributed by atoms with Gasteiger partial charge in [-0.15, -0.1) is 0 Å². The average molecular weight is 261 g/mol. The zero-order valence-electron chi connectivity index (χ0n) is 12.5. The van der Waals surface area contributed by atoms with Crippen molar-refractivity contribution in [2.75, 3.05) is 13.2 Å². The molecule has 0 bridgehead atoms. The van der Waals surface area contributed by atoms with E-state index >= 15 is 0 Å². The third-order valence-corrected chi connectivity index (χ3v) is 4.25. The van der Waals surface area contributed by atoms with Crippen LogP contribution in [0.4, 0.5) is 0 Å². The Balaban J connectivity index is 1.81. The summed E-state index contributed by atoms with van der Waals surface area (Å²) < 4.78 is 0. The molecule has 0 aromatic heterocycles. The van der Waals surface area contributed by atoms with E-state index in [1.54, 1.807) is 0 Å². The molecule has 1 aliphatic rings. The minimum Gasteiger partial charge on any atom is -0.396 e. The highest BCUT2D eigenvalue weighted by atomic mass is 16.3. The monoisotopic (exact) mass is 261 g/mol. The molecule has 0 spiro atoms. The second-order valence-corrected chi connectivity index (χ2v) is 7.02. The van der Waals surface area contributed by atoms with E-state index in [1.165, 1.54) is 24.0 Å². The van der Waals surface area contributed by atoms with Gasteiger partial charge in [0.25, 0.3) is 0 Å². The Morgan fingerprint density at radius 3 is 2.26 bits per heavy atom. The van der Waals surface area contributed by atoms with Crippen LogP contribution < -0.4 is 5.32 Å². The van der Waals surface area contributed by atoms with Crippen LogP contribution in [-0.2, 0) is 12.0 Å². The summed E-state index contributed by atoms with van der Waals surface area (Å²) in [6, 6.07) is 8.91. The lowest BCUT2D eigenvalue weighted by Gasteiger charge is -2.19. The van der Waals surface area contributed by atoms with Crippen molar-refractivity contribution in [3.63, 3.8) is 0 Å². The molecule has 106 valence electrons. The van der Waals surface area contributed by atoms with Crippen LogP contribution in [0.2, 0.25) is 0 Å². The van der Waals surface area contributed by atoms with Crippen molar-refractivity contribution in [3.8, 4) is 0 Å². The summed E-state index contributed by atoms with van der Waals surface area (Å²) in [6.45, 7) is 9.01. The predicted octanol–water partition coefficient (Wildman–Crippen LogP) is 3.24. The molecular weight excluding hydrogens is 234 g/mol. The van der Waals surface area contributed by atoms with Crippen LogP contribution in [-0.4, -0.2) is 18.3 Å². The summed E-state index contributed by atoms with van der Waals surface area (Å²) in [4.78, 5) is 0. The van der Waals surface area contributed by atoms with Crippen molar-refractivity contribution >= 4 is 0 Å². The highest BCUT2D eigenvalue weighted by Gasteiger charge is 2.41.